The van der Waals surface area contributed by atoms with Crippen LogP contribution in [0.5, 0.6) is 5.75 Å². The number of aromatic nitrogens is 2. The van der Waals surface area contributed by atoms with Gasteiger partial charge in [-0.1, -0.05) is 5.16 Å². The molecule has 0 aliphatic heterocycles. The lowest BCUT2D eigenvalue weighted by molar-refractivity contribution is -0.140. The molecule has 0 saturated heterocycles. The first-order valence-electron chi connectivity index (χ1n) is 8.49. The summed E-state index contributed by atoms with van der Waals surface area (Å²) in [6, 6.07) is 7.26. The summed E-state index contributed by atoms with van der Waals surface area (Å²) in [6.45, 7) is 0. The van der Waals surface area contributed by atoms with E-state index in [1.807, 2.05) is 12.1 Å². The zero-order valence-corrected chi connectivity index (χ0v) is 14.5. The number of amides is 1. The average Bonchev–Trinajstić information content (AvgIpc) is 3.07. The lowest BCUT2D eigenvalue weighted by Crippen LogP contribution is -2.54. The van der Waals surface area contributed by atoms with Gasteiger partial charge in [-0.25, -0.2) is 0 Å². The van der Waals surface area contributed by atoms with E-state index in [9.17, 15) is 9.59 Å². The van der Waals surface area contributed by atoms with Crippen molar-refractivity contribution in [1.29, 1.82) is 0 Å². The van der Waals surface area contributed by atoms with Crippen LogP contribution in [-0.4, -0.2) is 39.8 Å². The molecule has 26 heavy (non-hydrogen) atoms. The molecule has 2 N–H and O–H groups in total. The minimum Gasteiger partial charge on any atom is -0.497 e. The molecule has 8 nitrogen and oxygen atoms in total. The highest BCUT2D eigenvalue weighted by molar-refractivity contribution is 5.78. The third-order valence-corrected chi connectivity index (χ3v) is 4.59. The summed E-state index contributed by atoms with van der Waals surface area (Å²) < 4.78 is 10.3. The van der Waals surface area contributed by atoms with Crippen molar-refractivity contribution in [2.75, 3.05) is 7.11 Å². The number of rotatable bonds is 8. The van der Waals surface area contributed by atoms with Crippen LogP contribution in [-0.2, 0) is 16.0 Å². The van der Waals surface area contributed by atoms with Crippen LogP contribution in [0.1, 0.15) is 38.0 Å². The van der Waals surface area contributed by atoms with Gasteiger partial charge in [0.2, 0.25) is 17.6 Å². The number of nitrogens with zero attached hydrogens (tertiary/aromatic N) is 2. The smallest absolute Gasteiger partial charge is 0.305 e. The third kappa shape index (κ3) is 4.19. The van der Waals surface area contributed by atoms with Crippen molar-refractivity contribution in [1.82, 2.24) is 15.5 Å². The van der Waals surface area contributed by atoms with Crippen LogP contribution >= 0.6 is 0 Å². The Morgan fingerprint density at radius 2 is 2.04 bits per heavy atom. The maximum atomic E-state index is 12.1. The predicted octanol–water partition coefficient (Wildman–Crippen LogP) is 2.19. The number of benzene rings is 1. The zero-order valence-electron chi connectivity index (χ0n) is 14.5. The first-order chi connectivity index (χ1) is 12.5. The largest absolute Gasteiger partial charge is 0.497 e. The number of nitrogens with one attached hydrogen (secondary N) is 1. The van der Waals surface area contributed by atoms with Gasteiger partial charge >= 0.3 is 5.97 Å². The topological polar surface area (TPSA) is 115 Å². The van der Waals surface area contributed by atoms with E-state index in [1.54, 1.807) is 19.2 Å². The molecule has 8 heteroatoms. The Bertz CT molecular complexity index is 780. The number of hydrogen-bond acceptors (Lipinski definition) is 6. The molecule has 0 radical (unpaired) electrons. The van der Waals surface area contributed by atoms with E-state index in [1.165, 1.54) is 0 Å². The highest BCUT2D eigenvalue weighted by Crippen LogP contribution is 2.35. The number of aryl methyl sites for hydroxylation is 1. The van der Waals surface area contributed by atoms with Gasteiger partial charge in [-0.3, -0.25) is 9.59 Å². The second-order valence-corrected chi connectivity index (χ2v) is 6.49. The summed E-state index contributed by atoms with van der Waals surface area (Å²) in [5.74, 6) is 0.456. The summed E-state index contributed by atoms with van der Waals surface area (Å²) in [6.07, 6.45) is 2.77. The molecule has 1 aromatic carbocycles. The molecule has 0 atom stereocenters. The van der Waals surface area contributed by atoms with E-state index in [0.717, 1.165) is 17.7 Å². The van der Waals surface area contributed by atoms with Crippen molar-refractivity contribution in [3.63, 3.8) is 0 Å². The SMILES string of the molecule is COc1ccc(-c2noc(CCC(=O)NC3(CC(=O)O)CCC3)n2)cc1. The van der Waals surface area contributed by atoms with Crippen LogP contribution in [0.15, 0.2) is 28.8 Å². The molecule has 2 aromatic rings. The molecule has 1 heterocycles. The summed E-state index contributed by atoms with van der Waals surface area (Å²) in [5, 5.41) is 15.8. The number of carbonyl (C=O) groups is 2. The summed E-state index contributed by atoms with van der Waals surface area (Å²) in [5.41, 5.74) is 0.201. The Morgan fingerprint density at radius 1 is 1.31 bits per heavy atom. The van der Waals surface area contributed by atoms with Crippen molar-refractivity contribution >= 4 is 11.9 Å². The Hall–Kier alpha value is -2.90. The maximum absolute atomic E-state index is 12.1. The molecule has 0 bridgehead atoms. The zero-order chi connectivity index (χ0) is 18.6. The molecule has 0 unspecified atom stereocenters. The van der Waals surface area contributed by atoms with Crippen molar-refractivity contribution < 1.29 is 24.0 Å². The number of carbonyl (C=O) groups excluding carboxylic acids is 1. The van der Waals surface area contributed by atoms with Crippen molar-refractivity contribution in [3.8, 4) is 17.1 Å². The van der Waals surface area contributed by atoms with Gasteiger partial charge in [0.15, 0.2) is 0 Å². The second kappa shape index (κ2) is 7.55. The van der Waals surface area contributed by atoms with E-state index in [4.69, 9.17) is 14.4 Å². The average molecular weight is 359 g/mol. The van der Waals surface area contributed by atoms with E-state index in [0.29, 0.717) is 31.0 Å². The van der Waals surface area contributed by atoms with E-state index >= 15 is 0 Å². The monoisotopic (exact) mass is 359 g/mol. The molecule has 1 amide bonds. The van der Waals surface area contributed by atoms with Gasteiger partial charge in [0.25, 0.3) is 0 Å². The molecular formula is C18H21N3O5. The number of aliphatic carboxylic acids is 1. The normalized spacial score (nSPS) is 15.1. The van der Waals surface area contributed by atoms with Crippen molar-refractivity contribution in [2.24, 2.45) is 0 Å². The fraction of sp³-hybridized carbons (Fsp3) is 0.444. The van der Waals surface area contributed by atoms with E-state index in [-0.39, 0.29) is 18.7 Å². The molecule has 1 aliphatic rings. The van der Waals surface area contributed by atoms with Gasteiger partial charge in [0.05, 0.1) is 19.1 Å². The molecule has 1 aromatic heterocycles. The van der Waals surface area contributed by atoms with E-state index < -0.39 is 11.5 Å². The quantitative estimate of drug-likeness (QED) is 0.742. The third-order valence-electron chi connectivity index (χ3n) is 4.59. The van der Waals surface area contributed by atoms with Gasteiger partial charge in [0, 0.05) is 18.4 Å². The fourth-order valence-electron chi connectivity index (χ4n) is 3.03. The van der Waals surface area contributed by atoms with Crippen LogP contribution in [0.4, 0.5) is 0 Å². The Morgan fingerprint density at radius 3 is 2.62 bits per heavy atom. The second-order valence-electron chi connectivity index (χ2n) is 6.49. The minimum atomic E-state index is -0.897. The number of hydrogen-bond donors (Lipinski definition) is 2. The number of carboxylic acids is 1. The van der Waals surface area contributed by atoms with Crippen molar-refractivity contribution in [2.45, 2.75) is 44.1 Å². The Balaban J connectivity index is 1.54. The molecule has 138 valence electrons. The van der Waals surface area contributed by atoms with Gasteiger partial charge in [-0.2, -0.15) is 4.98 Å². The highest BCUT2D eigenvalue weighted by atomic mass is 16.5. The highest BCUT2D eigenvalue weighted by Gasteiger charge is 2.40. The van der Waals surface area contributed by atoms with Gasteiger partial charge < -0.3 is 19.7 Å². The van der Waals surface area contributed by atoms with Gasteiger partial charge in [-0.15, -0.1) is 0 Å². The molecule has 1 saturated carbocycles. The minimum absolute atomic E-state index is 0.0408. The molecule has 3 rings (SSSR count). The molecule has 0 spiro atoms. The number of ether oxygens (including phenoxy) is 1. The first-order valence-corrected chi connectivity index (χ1v) is 8.49. The van der Waals surface area contributed by atoms with E-state index in [2.05, 4.69) is 15.5 Å². The van der Waals surface area contributed by atoms with Gasteiger partial charge in [0.1, 0.15) is 5.75 Å². The molecule has 1 aliphatic carbocycles. The van der Waals surface area contributed by atoms with Gasteiger partial charge in [-0.05, 0) is 43.5 Å². The molecule has 1 fully saturated rings. The summed E-state index contributed by atoms with van der Waals surface area (Å²) >= 11 is 0. The molecular weight excluding hydrogens is 338 g/mol. The van der Waals surface area contributed by atoms with Crippen LogP contribution < -0.4 is 10.1 Å². The first kappa shape index (κ1) is 17.9. The summed E-state index contributed by atoms with van der Waals surface area (Å²) in [7, 11) is 1.59. The maximum Gasteiger partial charge on any atom is 0.305 e. The fourth-order valence-corrected chi connectivity index (χ4v) is 3.03. The number of carboxylic acid groups (broad SMARTS) is 1. The van der Waals surface area contributed by atoms with Crippen LogP contribution in [0.3, 0.4) is 0 Å². The van der Waals surface area contributed by atoms with Crippen LogP contribution in [0.2, 0.25) is 0 Å². The lowest BCUT2D eigenvalue weighted by atomic mass is 9.74. The van der Waals surface area contributed by atoms with Crippen LogP contribution in [0.25, 0.3) is 11.4 Å². The predicted molar refractivity (Wildman–Crippen MR) is 91.6 cm³/mol. The van der Waals surface area contributed by atoms with Crippen LogP contribution in [0, 0.1) is 0 Å². The van der Waals surface area contributed by atoms with Crippen molar-refractivity contribution in [3.05, 3.63) is 30.2 Å². The Labute approximate surface area is 150 Å². The summed E-state index contributed by atoms with van der Waals surface area (Å²) in [4.78, 5) is 27.4. The number of methoxy groups -OCH3 is 1. The lowest BCUT2D eigenvalue weighted by Gasteiger charge is -2.41. The Kier molecular flexibility index (Phi) is 5.20. The standard InChI is InChI=1S/C18H21N3O5/c1-25-13-5-3-12(4-6-13)17-19-15(26-21-17)8-7-14(22)20-18(9-2-10-18)11-16(23)24/h3-6H,2,7-11H2,1H3,(H,20,22)(H,23,24).